The molecule has 0 atom stereocenters. The van der Waals surface area contributed by atoms with E-state index in [1.807, 2.05) is 12.1 Å². The number of benzene rings is 2. The van der Waals surface area contributed by atoms with E-state index in [1.54, 1.807) is 42.6 Å². The Morgan fingerprint density at radius 3 is 2.50 bits per heavy atom. The molecule has 2 N–H and O–H groups in total. The summed E-state index contributed by atoms with van der Waals surface area (Å²) in [4.78, 5) is 3.28. The van der Waals surface area contributed by atoms with Gasteiger partial charge >= 0.3 is 0 Å². The van der Waals surface area contributed by atoms with Crippen molar-refractivity contribution >= 4 is 42.5 Å². The molecule has 0 amide bonds. The van der Waals surface area contributed by atoms with Gasteiger partial charge in [0.25, 0.3) is 10.0 Å². The third-order valence-electron chi connectivity index (χ3n) is 2.96. The van der Waals surface area contributed by atoms with Gasteiger partial charge in [0.05, 0.1) is 10.6 Å². The average Bonchev–Trinajstić information content (AvgIpc) is 2.88. The Morgan fingerprint density at radius 2 is 1.75 bits per heavy atom. The highest BCUT2D eigenvalue weighted by molar-refractivity contribution is 9.10. The largest absolute Gasteiger partial charge is 0.361 e. The number of halogens is 1. The smallest absolute Gasteiger partial charge is 0.261 e. The van der Waals surface area contributed by atoms with Crippen LogP contribution in [0.1, 0.15) is 0 Å². The molecule has 2 aromatic carbocycles. The van der Waals surface area contributed by atoms with Gasteiger partial charge in [0.15, 0.2) is 0 Å². The van der Waals surface area contributed by atoms with Crippen LogP contribution in [-0.4, -0.2) is 13.4 Å². The molecule has 0 bridgehead atoms. The molecule has 3 rings (SSSR count). The maximum atomic E-state index is 12.3. The fourth-order valence-corrected chi connectivity index (χ4v) is 3.34. The molecule has 3 aromatic rings. The second-order valence-corrected chi connectivity index (χ2v) is 6.90. The van der Waals surface area contributed by atoms with Gasteiger partial charge in [0.2, 0.25) is 0 Å². The predicted molar refractivity (Wildman–Crippen MR) is 83.2 cm³/mol. The standard InChI is InChI=1S/C14H11BrN2O2S/c15-10-4-6-11(7-5-10)20(18,19)17-14-3-1-2-13-12(14)8-9-16-13/h1-9,16-17H. The number of hydrogen-bond donors (Lipinski definition) is 2. The van der Waals surface area contributed by atoms with Crippen LogP contribution in [0.3, 0.4) is 0 Å². The van der Waals surface area contributed by atoms with Crippen molar-refractivity contribution in [3.8, 4) is 0 Å². The van der Waals surface area contributed by atoms with Crippen molar-refractivity contribution in [3.63, 3.8) is 0 Å². The topological polar surface area (TPSA) is 62.0 Å². The fourth-order valence-electron chi connectivity index (χ4n) is 1.99. The van der Waals surface area contributed by atoms with Gasteiger partial charge in [-0.2, -0.15) is 0 Å². The predicted octanol–water partition coefficient (Wildman–Crippen LogP) is 3.73. The molecule has 102 valence electrons. The molecular formula is C14H11BrN2O2S. The summed E-state index contributed by atoms with van der Waals surface area (Å²) in [5, 5.41) is 0.841. The molecular weight excluding hydrogens is 340 g/mol. The zero-order valence-electron chi connectivity index (χ0n) is 10.3. The van der Waals surface area contributed by atoms with Crippen molar-refractivity contribution in [2.24, 2.45) is 0 Å². The molecule has 4 nitrogen and oxygen atoms in total. The first-order valence-corrected chi connectivity index (χ1v) is 8.18. The van der Waals surface area contributed by atoms with E-state index in [0.717, 1.165) is 15.4 Å². The Kier molecular flexibility index (Phi) is 3.27. The molecule has 20 heavy (non-hydrogen) atoms. The van der Waals surface area contributed by atoms with E-state index in [1.165, 1.54) is 0 Å². The Balaban J connectivity index is 2.01. The van der Waals surface area contributed by atoms with E-state index in [9.17, 15) is 8.42 Å². The third kappa shape index (κ3) is 2.44. The van der Waals surface area contributed by atoms with Crippen LogP contribution in [0.2, 0.25) is 0 Å². The van der Waals surface area contributed by atoms with E-state index in [4.69, 9.17) is 0 Å². The number of sulfonamides is 1. The molecule has 0 saturated carbocycles. The van der Waals surface area contributed by atoms with Crippen LogP contribution in [0.5, 0.6) is 0 Å². The van der Waals surface area contributed by atoms with E-state index < -0.39 is 10.0 Å². The van der Waals surface area contributed by atoms with Crippen molar-refractivity contribution in [2.45, 2.75) is 4.90 Å². The maximum absolute atomic E-state index is 12.3. The molecule has 1 aromatic heterocycles. The number of aromatic amines is 1. The van der Waals surface area contributed by atoms with E-state index >= 15 is 0 Å². The lowest BCUT2D eigenvalue weighted by Crippen LogP contribution is -2.12. The first-order valence-electron chi connectivity index (χ1n) is 5.91. The Morgan fingerprint density at radius 1 is 1.00 bits per heavy atom. The molecule has 0 aliphatic carbocycles. The number of hydrogen-bond acceptors (Lipinski definition) is 2. The van der Waals surface area contributed by atoms with Crippen molar-refractivity contribution in [2.75, 3.05) is 4.72 Å². The second kappa shape index (κ2) is 4.96. The highest BCUT2D eigenvalue weighted by Gasteiger charge is 2.15. The van der Waals surface area contributed by atoms with Crippen LogP contribution in [0.25, 0.3) is 10.9 Å². The maximum Gasteiger partial charge on any atom is 0.261 e. The summed E-state index contributed by atoms with van der Waals surface area (Å²) in [7, 11) is -3.58. The second-order valence-electron chi connectivity index (χ2n) is 4.30. The van der Waals surface area contributed by atoms with Crippen LogP contribution in [0, 0.1) is 0 Å². The highest BCUT2D eigenvalue weighted by Crippen LogP contribution is 2.25. The minimum absolute atomic E-state index is 0.230. The van der Waals surface area contributed by atoms with Gasteiger partial charge < -0.3 is 4.98 Å². The van der Waals surface area contributed by atoms with Crippen molar-refractivity contribution < 1.29 is 8.42 Å². The van der Waals surface area contributed by atoms with Crippen LogP contribution < -0.4 is 4.72 Å². The molecule has 6 heteroatoms. The molecule has 0 aliphatic rings. The van der Waals surface area contributed by atoms with Gasteiger partial charge in [-0.3, -0.25) is 4.72 Å². The van der Waals surface area contributed by atoms with E-state index in [0.29, 0.717) is 5.69 Å². The van der Waals surface area contributed by atoms with Crippen molar-refractivity contribution in [1.82, 2.24) is 4.98 Å². The summed E-state index contributed by atoms with van der Waals surface area (Å²) in [5.74, 6) is 0. The first-order chi connectivity index (χ1) is 9.56. The lowest BCUT2D eigenvalue weighted by Gasteiger charge is -2.09. The quantitative estimate of drug-likeness (QED) is 0.755. The minimum atomic E-state index is -3.58. The van der Waals surface area contributed by atoms with Crippen molar-refractivity contribution in [1.29, 1.82) is 0 Å². The summed E-state index contributed by atoms with van der Waals surface area (Å²) in [6.45, 7) is 0. The fraction of sp³-hybridized carbons (Fsp3) is 0. The first kappa shape index (κ1) is 13.2. The van der Waals surface area contributed by atoms with Gasteiger partial charge in [-0.05, 0) is 42.5 Å². The third-order valence-corrected chi connectivity index (χ3v) is 4.87. The van der Waals surface area contributed by atoms with Gasteiger partial charge in [-0.15, -0.1) is 0 Å². The van der Waals surface area contributed by atoms with Crippen molar-refractivity contribution in [3.05, 3.63) is 59.2 Å². The van der Waals surface area contributed by atoms with Crippen LogP contribution >= 0.6 is 15.9 Å². The highest BCUT2D eigenvalue weighted by atomic mass is 79.9. The molecule has 0 unspecified atom stereocenters. The number of fused-ring (bicyclic) bond motifs is 1. The Bertz CT molecular complexity index is 854. The van der Waals surface area contributed by atoms with E-state index in [2.05, 4.69) is 25.6 Å². The minimum Gasteiger partial charge on any atom is -0.361 e. The average molecular weight is 351 g/mol. The number of H-pyrrole nitrogens is 1. The van der Waals surface area contributed by atoms with Crippen LogP contribution in [0.15, 0.2) is 64.1 Å². The zero-order valence-corrected chi connectivity index (χ0v) is 12.7. The molecule has 0 radical (unpaired) electrons. The summed E-state index contributed by atoms with van der Waals surface area (Å²) < 4.78 is 28.1. The molecule has 0 spiro atoms. The molecule has 1 heterocycles. The lowest BCUT2D eigenvalue weighted by molar-refractivity contribution is 0.601. The number of nitrogens with one attached hydrogen (secondary N) is 2. The van der Waals surface area contributed by atoms with Gasteiger partial charge in [0.1, 0.15) is 0 Å². The SMILES string of the molecule is O=S(=O)(Nc1cccc2[nH]ccc12)c1ccc(Br)cc1. The Hall–Kier alpha value is -1.79. The molecule has 0 saturated heterocycles. The molecule has 0 fully saturated rings. The van der Waals surface area contributed by atoms with Gasteiger partial charge in [-0.1, -0.05) is 22.0 Å². The van der Waals surface area contributed by atoms with Gasteiger partial charge in [0, 0.05) is 21.6 Å². The van der Waals surface area contributed by atoms with E-state index in [-0.39, 0.29) is 4.90 Å². The molecule has 0 aliphatic heterocycles. The summed E-state index contributed by atoms with van der Waals surface area (Å²) in [6.07, 6.45) is 1.78. The zero-order chi connectivity index (χ0) is 14.2. The number of aromatic nitrogens is 1. The lowest BCUT2D eigenvalue weighted by atomic mass is 10.2. The monoisotopic (exact) mass is 350 g/mol. The van der Waals surface area contributed by atoms with Crippen LogP contribution in [-0.2, 0) is 10.0 Å². The van der Waals surface area contributed by atoms with Crippen LogP contribution in [0.4, 0.5) is 5.69 Å². The summed E-state index contributed by atoms with van der Waals surface area (Å²) in [6, 6.07) is 13.8. The van der Waals surface area contributed by atoms with Gasteiger partial charge in [-0.25, -0.2) is 8.42 Å². The number of rotatable bonds is 3. The Labute approximate surface area is 125 Å². The summed E-state index contributed by atoms with van der Waals surface area (Å²) in [5.41, 5.74) is 1.45. The normalized spacial score (nSPS) is 11.7. The number of anilines is 1. The summed E-state index contributed by atoms with van der Waals surface area (Å²) >= 11 is 3.29.